The first kappa shape index (κ1) is 16.7. The van der Waals surface area contributed by atoms with Gasteiger partial charge in [0.1, 0.15) is 5.82 Å². The van der Waals surface area contributed by atoms with Gasteiger partial charge in [0.15, 0.2) is 0 Å². The molecule has 0 spiro atoms. The minimum atomic E-state index is -0.256. The van der Waals surface area contributed by atoms with Crippen molar-refractivity contribution in [1.82, 2.24) is 20.2 Å². The number of carbonyl (C=O) groups is 1. The van der Waals surface area contributed by atoms with Crippen molar-refractivity contribution in [2.45, 2.75) is 18.9 Å². The summed E-state index contributed by atoms with van der Waals surface area (Å²) in [5.41, 5.74) is 5.32. The maximum atomic E-state index is 12.0. The lowest BCUT2D eigenvalue weighted by Crippen LogP contribution is -2.50. The summed E-state index contributed by atoms with van der Waals surface area (Å²) in [5, 5.41) is 2.94. The quantitative estimate of drug-likeness (QED) is 0.616. The molecule has 9 nitrogen and oxygen atoms in total. The lowest BCUT2D eigenvalue weighted by Gasteiger charge is -2.34. The van der Waals surface area contributed by atoms with E-state index in [1.54, 1.807) is 0 Å². The minimum Gasteiger partial charge on any atom is -0.376 e. The summed E-state index contributed by atoms with van der Waals surface area (Å²) in [4.78, 5) is 34.2. The second-order valence-electron chi connectivity index (χ2n) is 6.19. The number of hydrogen-bond donors (Lipinski definition) is 3. The molecule has 1 aromatic heterocycles. The third-order valence-corrected chi connectivity index (χ3v) is 4.36. The van der Waals surface area contributed by atoms with Crippen molar-refractivity contribution in [1.29, 1.82) is 0 Å². The van der Waals surface area contributed by atoms with Crippen molar-refractivity contribution in [2.24, 2.45) is 0 Å². The Morgan fingerprint density at radius 3 is 2.88 bits per heavy atom. The first-order chi connectivity index (χ1) is 11.6. The number of nitrogens with two attached hydrogens (primary N) is 1. The van der Waals surface area contributed by atoms with Crippen molar-refractivity contribution >= 4 is 17.7 Å². The molecule has 2 saturated heterocycles. The predicted molar refractivity (Wildman–Crippen MR) is 89.9 cm³/mol. The van der Waals surface area contributed by atoms with Crippen LogP contribution in [0.1, 0.15) is 12.8 Å². The molecule has 0 aliphatic carbocycles. The molecule has 24 heavy (non-hydrogen) atoms. The molecule has 0 aromatic carbocycles. The van der Waals surface area contributed by atoms with E-state index in [4.69, 9.17) is 10.5 Å². The van der Waals surface area contributed by atoms with Crippen molar-refractivity contribution in [3.8, 4) is 0 Å². The first-order valence-electron chi connectivity index (χ1n) is 8.32. The Labute approximate surface area is 140 Å². The Balaban J connectivity index is 1.43. The summed E-state index contributed by atoms with van der Waals surface area (Å²) in [6.45, 7) is 4.65. The number of nitrogens with one attached hydrogen (secondary N) is 2. The van der Waals surface area contributed by atoms with Crippen LogP contribution in [0.2, 0.25) is 0 Å². The van der Waals surface area contributed by atoms with E-state index in [0.717, 1.165) is 32.5 Å². The summed E-state index contributed by atoms with van der Waals surface area (Å²) in [7, 11) is 0. The molecule has 0 bridgehead atoms. The molecule has 1 atom stereocenters. The number of piperazine rings is 1. The molecule has 1 amide bonds. The summed E-state index contributed by atoms with van der Waals surface area (Å²) >= 11 is 0. The summed E-state index contributed by atoms with van der Waals surface area (Å²) < 4.78 is 5.50. The summed E-state index contributed by atoms with van der Waals surface area (Å²) in [6.07, 6.45) is 2.26. The number of H-pyrrole nitrogens is 1. The molecule has 1 unspecified atom stereocenters. The van der Waals surface area contributed by atoms with Gasteiger partial charge in [0.05, 0.1) is 12.6 Å². The number of hydrogen-bond acceptors (Lipinski definition) is 7. The zero-order chi connectivity index (χ0) is 16.9. The molecular weight excluding hydrogens is 312 g/mol. The van der Waals surface area contributed by atoms with Crippen LogP contribution in [0, 0.1) is 0 Å². The first-order valence-corrected chi connectivity index (χ1v) is 8.32. The van der Waals surface area contributed by atoms with Gasteiger partial charge in [-0.1, -0.05) is 0 Å². The fourth-order valence-corrected chi connectivity index (χ4v) is 3.05. The van der Waals surface area contributed by atoms with E-state index in [9.17, 15) is 9.59 Å². The molecule has 2 fully saturated rings. The highest BCUT2D eigenvalue weighted by Gasteiger charge is 2.21. The van der Waals surface area contributed by atoms with Crippen molar-refractivity contribution in [2.75, 3.05) is 56.5 Å². The van der Waals surface area contributed by atoms with Crippen molar-refractivity contribution in [3.63, 3.8) is 0 Å². The van der Waals surface area contributed by atoms with Crippen LogP contribution in [0.3, 0.4) is 0 Å². The molecule has 4 N–H and O–H groups in total. The Morgan fingerprint density at radius 1 is 1.42 bits per heavy atom. The zero-order valence-electron chi connectivity index (χ0n) is 13.7. The SMILES string of the molecule is Nc1nc(N2CCN(CC(=O)NCC3CCCO3)CC2)cc(=O)[nH]1. The van der Waals surface area contributed by atoms with Gasteiger partial charge in [-0.25, -0.2) is 0 Å². The zero-order valence-corrected chi connectivity index (χ0v) is 13.7. The molecular formula is C15H24N6O3. The smallest absolute Gasteiger partial charge is 0.254 e. The van der Waals surface area contributed by atoms with Crippen LogP contribution >= 0.6 is 0 Å². The average Bonchev–Trinajstić information content (AvgIpc) is 3.06. The largest absolute Gasteiger partial charge is 0.376 e. The van der Waals surface area contributed by atoms with Crippen LogP contribution in [0.25, 0.3) is 0 Å². The number of anilines is 2. The van der Waals surface area contributed by atoms with E-state index in [1.165, 1.54) is 6.07 Å². The topological polar surface area (TPSA) is 117 Å². The molecule has 3 heterocycles. The van der Waals surface area contributed by atoms with E-state index in [0.29, 0.717) is 32.0 Å². The third kappa shape index (κ3) is 4.45. The van der Waals surface area contributed by atoms with Crippen LogP contribution in [0.15, 0.2) is 10.9 Å². The van der Waals surface area contributed by atoms with Crippen LogP contribution in [-0.4, -0.2) is 72.8 Å². The van der Waals surface area contributed by atoms with Gasteiger partial charge in [-0.05, 0) is 12.8 Å². The van der Waals surface area contributed by atoms with Crippen LogP contribution in [0.4, 0.5) is 11.8 Å². The molecule has 9 heteroatoms. The van der Waals surface area contributed by atoms with E-state index >= 15 is 0 Å². The third-order valence-electron chi connectivity index (χ3n) is 4.36. The molecule has 1 aromatic rings. The van der Waals surface area contributed by atoms with Gasteiger partial charge >= 0.3 is 0 Å². The molecule has 0 saturated carbocycles. The maximum absolute atomic E-state index is 12.0. The van der Waals surface area contributed by atoms with Gasteiger partial charge in [0.25, 0.3) is 5.56 Å². The summed E-state index contributed by atoms with van der Waals surface area (Å²) in [5.74, 6) is 0.727. The second kappa shape index (κ2) is 7.63. The minimum absolute atomic E-state index is 0.0254. The van der Waals surface area contributed by atoms with E-state index in [1.807, 2.05) is 4.90 Å². The Hall–Kier alpha value is -2.13. The average molecular weight is 336 g/mol. The lowest BCUT2D eigenvalue weighted by atomic mass is 10.2. The second-order valence-corrected chi connectivity index (χ2v) is 6.19. The molecule has 3 rings (SSSR count). The normalized spacial score (nSPS) is 21.8. The van der Waals surface area contributed by atoms with E-state index in [2.05, 4.69) is 20.2 Å². The van der Waals surface area contributed by atoms with Gasteiger partial charge < -0.3 is 20.7 Å². The van der Waals surface area contributed by atoms with Gasteiger partial charge in [-0.2, -0.15) is 4.98 Å². The highest BCUT2D eigenvalue weighted by atomic mass is 16.5. The molecule has 2 aliphatic heterocycles. The number of amides is 1. The Morgan fingerprint density at radius 2 is 2.21 bits per heavy atom. The fraction of sp³-hybridized carbons (Fsp3) is 0.667. The Kier molecular flexibility index (Phi) is 5.31. The summed E-state index contributed by atoms with van der Waals surface area (Å²) in [6, 6.07) is 1.44. The van der Waals surface area contributed by atoms with E-state index in [-0.39, 0.29) is 23.5 Å². The molecule has 2 aliphatic rings. The standard InChI is InChI=1S/C15H24N6O3/c16-15-18-12(8-13(22)19-15)21-5-3-20(4-6-21)10-14(23)17-9-11-2-1-7-24-11/h8,11H,1-7,9-10H2,(H,17,23)(H3,16,18,19,22). The number of rotatable bonds is 5. The molecule has 132 valence electrons. The highest BCUT2D eigenvalue weighted by Crippen LogP contribution is 2.12. The van der Waals surface area contributed by atoms with Crippen LogP contribution in [0.5, 0.6) is 0 Å². The van der Waals surface area contributed by atoms with Crippen molar-refractivity contribution < 1.29 is 9.53 Å². The predicted octanol–water partition coefficient (Wildman–Crippen LogP) is -1.23. The number of aromatic amines is 1. The highest BCUT2D eigenvalue weighted by molar-refractivity contribution is 5.78. The number of aromatic nitrogens is 2. The fourth-order valence-electron chi connectivity index (χ4n) is 3.05. The number of carbonyl (C=O) groups excluding carboxylic acids is 1. The van der Waals surface area contributed by atoms with Gasteiger partial charge in [0.2, 0.25) is 11.9 Å². The molecule has 0 radical (unpaired) electrons. The monoisotopic (exact) mass is 336 g/mol. The maximum Gasteiger partial charge on any atom is 0.254 e. The Bertz CT molecular complexity index is 620. The van der Waals surface area contributed by atoms with Gasteiger partial charge in [-0.3, -0.25) is 19.5 Å². The van der Waals surface area contributed by atoms with Crippen molar-refractivity contribution in [3.05, 3.63) is 16.4 Å². The number of ether oxygens (including phenoxy) is 1. The van der Waals surface area contributed by atoms with Gasteiger partial charge in [-0.15, -0.1) is 0 Å². The van der Waals surface area contributed by atoms with Crippen LogP contribution < -0.4 is 21.5 Å². The van der Waals surface area contributed by atoms with Gasteiger partial charge in [0, 0.05) is 45.4 Å². The van der Waals surface area contributed by atoms with Crippen LogP contribution in [-0.2, 0) is 9.53 Å². The van der Waals surface area contributed by atoms with E-state index < -0.39 is 0 Å². The number of nitrogen functional groups attached to an aromatic ring is 1. The number of nitrogens with zero attached hydrogens (tertiary/aromatic N) is 3. The lowest BCUT2D eigenvalue weighted by molar-refractivity contribution is -0.122.